The van der Waals surface area contributed by atoms with E-state index < -0.39 is 0 Å². The maximum atomic E-state index is 5.94. The summed E-state index contributed by atoms with van der Waals surface area (Å²) in [5.74, 6) is 0. The molecule has 5 rings (SSSR count). The van der Waals surface area contributed by atoms with E-state index in [1.165, 1.54) is 10.8 Å². The van der Waals surface area contributed by atoms with Crippen molar-refractivity contribution in [2.75, 3.05) is 0 Å². The van der Waals surface area contributed by atoms with E-state index in [0.29, 0.717) is 0 Å². The summed E-state index contributed by atoms with van der Waals surface area (Å²) >= 11 is 0. The van der Waals surface area contributed by atoms with Crippen LogP contribution in [0.5, 0.6) is 0 Å². The van der Waals surface area contributed by atoms with Gasteiger partial charge in [0.1, 0.15) is 5.58 Å². The zero-order chi connectivity index (χ0) is 12.4. The maximum Gasteiger partial charge on any atom is 0.124 e. The summed E-state index contributed by atoms with van der Waals surface area (Å²) in [5, 5.41) is 5.73. The molecular weight excluding hydrogens is 426 g/mol. The molecule has 97 valence electrons. The van der Waals surface area contributed by atoms with Crippen LogP contribution in [-0.4, -0.2) is 4.98 Å². The Morgan fingerprint density at radius 2 is 1.75 bits per heavy atom. The van der Waals surface area contributed by atoms with Gasteiger partial charge in [-0.25, -0.2) is 0 Å². The minimum Gasteiger partial charge on any atom is -0.476 e. The van der Waals surface area contributed by atoms with Crippen molar-refractivity contribution in [2.24, 2.45) is 0 Å². The topological polar surface area (TPSA) is 26.0 Å². The average molecular weight is 434 g/mol. The molecule has 1 radical (unpaired) electrons. The molecule has 0 fully saturated rings. The molecule has 0 atom stereocenters. The number of pyridine rings is 1. The first-order chi connectivity index (χ1) is 9.43. The van der Waals surface area contributed by atoms with E-state index in [1.807, 2.05) is 36.5 Å². The molecule has 0 aliphatic rings. The van der Waals surface area contributed by atoms with Crippen LogP contribution < -0.4 is 0 Å². The monoisotopic (exact) mass is 435 g/mol. The fourth-order valence-corrected chi connectivity index (χ4v) is 3.04. The normalized spacial score (nSPS) is 11.6. The van der Waals surface area contributed by atoms with Gasteiger partial charge in [-0.2, -0.15) is 0 Å². The molecule has 2 aromatic heterocycles. The van der Waals surface area contributed by atoms with Gasteiger partial charge in [0.15, 0.2) is 0 Å². The van der Waals surface area contributed by atoms with Crippen molar-refractivity contribution in [1.82, 2.24) is 4.98 Å². The summed E-state index contributed by atoms with van der Waals surface area (Å²) in [6.07, 6.45) is 1.83. The first-order valence-corrected chi connectivity index (χ1v) is 6.25. The second kappa shape index (κ2) is 4.02. The van der Waals surface area contributed by atoms with Gasteiger partial charge in [0.05, 0.1) is 5.58 Å². The van der Waals surface area contributed by atoms with Crippen molar-refractivity contribution in [3.63, 3.8) is 0 Å². The second-order valence-corrected chi connectivity index (χ2v) is 4.77. The Morgan fingerprint density at radius 3 is 2.70 bits per heavy atom. The number of benzene rings is 3. The molecule has 5 aromatic rings. The Morgan fingerprint density at radius 1 is 0.900 bits per heavy atom. The third kappa shape index (κ3) is 1.29. The van der Waals surface area contributed by atoms with Crippen molar-refractivity contribution >= 4 is 43.6 Å². The predicted octanol–water partition coefficient (Wildman–Crippen LogP) is 4.52. The molecule has 0 aliphatic carbocycles. The van der Waals surface area contributed by atoms with Crippen LogP contribution in [0.25, 0.3) is 43.6 Å². The number of hydrogen-bond acceptors (Lipinski definition) is 2. The number of rotatable bonds is 0. The van der Waals surface area contributed by atoms with E-state index in [4.69, 9.17) is 4.42 Å². The number of furan rings is 1. The molecule has 3 aromatic carbocycles. The van der Waals surface area contributed by atoms with E-state index in [0.717, 1.165) is 32.8 Å². The van der Waals surface area contributed by atoms with E-state index >= 15 is 0 Å². The van der Waals surface area contributed by atoms with Gasteiger partial charge in [-0.1, -0.05) is 29.7 Å². The largest absolute Gasteiger partial charge is 0.476 e. The first-order valence-electron chi connectivity index (χ1n) is 6.25. The molecular formula is C17H8IrNO-. The molecule has 0 spiro atoms. The van der Waals surface area contributed by atoms with Gasteiger partial charge >= 0.3 is 0 Å². The van der Waals surface area contributed by atoms with Crippen LogP contribution in [0.1, 0.15) is 0 Å². The number of nitrogens with zero attached hydrogens (tertiary/aromatic N) is 1. The van der Waals surface area contributed by atoms with Crippen LogP contribution in [0.3, 0.4) is 0 Å². The van der Waals surface area contributed by atoms with Crippen LogP contribution >= 0.6 is 0 Å². The van der Waals surface area contributed by atoms with E-state index in [2.05, 4.69) is 23.2 Å². The summed E-state index contributed by atoms with van der Waals surface area (Å²) in [5.41, 5.74) is 2.84. The van der Waals surface area contributed by atoms with Crippen molar-refractivity contribution in [1.29, 1.82) is 0 Å². The summed E-state index contributed by atoms with van der Waals surface area (Å²) in [6.45, 7) is 0. The van der Waals surface area contributed by atoms with Crippen molar-refractivity contribution < 1.29 is 24.5 Å². The smallest absolute Gasteiger partial charge is 0.124 e. The fourth-order valence-electron chi connectivity index (χ4n) is 3.04. The van der Waals surface area contributed by atoms with Crippen molar-refractivity contribution in [3.05, 3.63) is 54.7 Å². The van der Waals surface area contributed by atoms with Gasteiger partial charge in [-0.3, -0.25) is 0 Å². The zero-order valence-electron chi connectivity index (χ0n) is 10.3. The van der Waals surface area contributed by atoms with Gasteiger partial charge in [-0.05, 0) is 33.8 Å². The maximum absolute atomic E-state index is 5.94. The Balaban J connectivity index is 0.00000106. The Kier molecular flexibility index (Phi) is 2.38. The third-order valence-electron chi connectivity index (χ3n) is 3.79. The molecule has 0 N–H and O–H groups in total. The number of hydrogen-bond donors (Lipinski definition) is 0. The SMILES string of the molecule is [Ir].[c-]1ccc2oc3cccc4c5cccnc5c1c2c34. The molecule has 0 bridgehead atoms. The van der Waals surface area contributed by atoms with Crippen molar-refractivity contribution in [2.45, 2.75) is 0 Å². The molecule has 2 nitrogen and oxygen atoms in total. The summed E-state index contributed by atoms with van der Waals surface area (Å²) in [7, 11) is 0. The van der Waals surface area contributed by atoms with Gasteiger partial charge in [0.25, 0.3) is 0 Å². The molecule has 0 unspecified atom stereocenters. The van der Waals surface area contributed by atoms with Gasteiger partial charge in [0.2, 0.25) is 0 Å². The van der Waals surface area contributed by atoms with Crippen LogP contribution in [0, 0.1) is 6.07 Å². The van der Waals surface area contributed by atoms with Crippen LogP contribution in [0.15, 0.2) is 53.1 Å². The fraction of sp³-hybridized carbons (Fsp3) is 0. The summed E-state index contributed by atoms with van der Waals surface area (Å²) < 4.78 is 5.94. The predicted molar refractivity (Wildman–Crippen MR) is 76.5 cm³/mol. The molecule has 20 heavy (non-hydrogen) atoms. The Labute approximate surface area is 128 Å². The Hall–Kier alpha value is -1.96. The zero-order valence-corrected chi connectivity index (χ0v) is 12.7. The van der Waals surface area contributed by atoms with Crippen LogP contribution in [0.2, 0.25) is 0 Å². The molecule has 0 saturated heterocycles. The standard InChI is InChI=1S/C17H8NO.Ir/c1-4-10-11-6-3-9-18-17(11)12-5-2-8-14-16(12)15(10)13(7-1)19-14;/h1-4,6-9H;/q-1;. The van der Waals surface area contributed by atoms with E-state index in [-0.39, 0.29) is 20.1 Å². The first kappa shape index (κ1) is 11.8. The average Bonchev–Trinajstić information content (AvgIpc) is 2.86. The minimum absolute atomic E-state index is 0. The van der Waals surface area contributed by atoms with E-state index in [9.17, 15) is 0 Å². The third-order valence-corrected chi connectivity index (χ3v) is 3.79. The molecule has 0 amide bonds. The number of fused-ring (bicyclic) bond motifs is 3. The minimum atomic E-state index is 0. The van der Waals surface area contributed by atoms with Crippen molar-refractivity contribution in [3.8, 4) is 0 Å². The molecule has 0 aliphatic heterocycles. The Bertz CT molecular complexity index is 980. The summed E-state index contributed by atoms with van der Waals surface area (Å²) in [6, 6.07) is 17.5. The molecule has 3 heteroatoms. The van der Waals surface area contributed by atoms with Gasteiger partial charge in [0, 0.05) is 26.3 Å². The second-order valence-electron chi connectivity index (χ2n) is 4.77. The van der Waals surface area contributed by atoms with Gasteiger partial charge < -0.3 is 9.40 Å². The molecule has 2 heterocycles. The summed E-state index contributed by atoms with van der Waals surface area (Å²) in [4.78, 5) is 4.54. The molecule has 0 saturated carbocycles. The van der Waals surface area contributed by atoms with Crippen LogP contribution in [0.4, 0.5) is 0 Å². The quantitative estimate of drug-likeness (QED) is 0.265. The van der Waals surface area contributed by atoms with Gasteiger partial charge in [-0.15, -0.1) is 17.5 Å². The van der Waals surface area contributed by atoms with E-state index in [1.54, 1.807) is 0 Å². The van der Waals surface area contributed by atoms with Crippen LogP contribution in [-0.2, 0) is 20.1 Å². The number of aromatic nitrogens is 1.